The highest BCUT2D eigenvalue weighted by molar-refractivity contribution is 6.20. The molecule has 14 aromatic rings. The van der Waals surface area contributed by atoms with Gasteiger partial charge in [-0.3, -0.25) is 0 Å². The third-order valence-corrected chi connectivity index (χ3v) is 13.8. The molecule has 0 spiro atoms. The van der Waals surface area contributed by atoms with Crippen molar-refractivity contribution in [1.82, 2.24) is 0 Å². The minimum Gasteiger partial charge on any atom is -0.456 e. The minimum atomic E-state index is 0.861. The maximum absolute atomic E-state index is 6.60. The third kappa shape index (κ3) is 6.08. The van der Waals surface area contributed by atoms with Crippen LogP contribution in [0.25, 0.3) is 98.1 Å². The van der Waals surface area contributed by atoms with E-state index in [1.54, 1.807) is 0 Å². The second kappa shape index (κ2) is 15.2. The number of anilines is 6. The molecule has 0 aliphatic rings. The first-order valence-electron chi connectivity index (χ1n) is 23.1. The van der Waals surface area contributed by atoms with Crippen molar-refractivity contribution in [1.29, 1.82) is 0 Å². The van der Waals surface area contributed by atoms with E-state index in [0.29, 0.717) is 0 Å². The van der Waals surface area contributed by atoms with Crippen molar-refractivity contribution in [2.75, 3.05) is 9.80 Å². The van der Waals surface area contributed by atoms with Gasteiger partial charge in [-0.15, -0.1) is 0 Å². The summed E-state index contributed by atoms with van der Waals surface area (Å²) in [4.78, 5) is 4.70. The normalized spacial score (nSPS) is 11.8. The number of furan rings is 2. The van der Waals surface area contributed by atoms with Gasteiger partial charge < -0.3 is 18.6 Å². The molecule has 0 atom stereocenters. The quantitative estimate of drug-likeness (QED) is 0.160. The lowest BCUT2D eigenvalue weighted by Crippen LogP contribution is -2.10. The van der Waals surface area contributed by atoms with Crippen molar-refractivity contribution in [2.24, 2.45) is 0 Å². The monoisotopic (exact) mass is 868 g/mol. The molecule has 2 heterocycles. The Bertz CT molecular complexity index is 3990. The van der Waals surface area contributed by atoms with Crippen LogP contribution in [0.3, 0.4) is 0 Å². The molecule has 0 saturated heterocycles. The highest BCUT2D eigenvalue weighted by atomic mass is 16.3. The van der Waals surface area contributed by atoms with Gasteiger partial charge >= 0.3 is 0 Å². The molecule has 0 saturated carbocycles. The van der Waals surface area contributed by atoms with Crippen molar-refractivity contribution in [2.45, 2.75) is 0 Å². The molecular weight excluding hydrogens is 829 g/mol. The van der Waals surface area contributed by atoms with Crippen molar-refractivity contribution in [3.63, 3.8) is 0 Å². The van der Waals surface area contributed by atoms with Crippen LogP contribution in [0.4, 0.5) is 34.1 Å². The standard InChI is InChI=1S/C64H40N2O2/c1-5-17-51-43(11-1)15-9-21-57(51)65(49-33-35-55-61(39-49)67-59-37-27-45-13-3-7-19-53(45)63(55)59)47-29-23-41(24-30-47)42-25-31-48(32-26-42)66(58-22-10-16-44-12-2-6-18-52(44)58)50-34-36-56-62(40-50)68-60-38-28-46-14-4-8-20-54(46)64(56)60/h1-40H. The van der Waals surface area contributed by atoms with Crippen LogP contribution in [0.5, 0.6) is 0 Å². The van der Waals surface area contributed by atoms with Crippen LogP contribution >= 0.6 is 0 Å². The van der Waals surface area contributed by atoms with E-state index in [2.05, 4.69) is 252 Å². The second-order valence-corrected chi connectivity index (χ2v) is 17.6. The first-order valence-corrected chi connectivity index (χ1v) is 23.1. The number of rotatable bonds is 7. The first-order chi connectivity index (χ1) is 33.7. The van der Waals surface area contributed by atoms with Crippen LogP contribution in [0, 0.1) is 0 Å². The number of benzene rings is 12. The summed E-state index contributed by atoms with van der Waals surface area (Å²) in [5.41, 5.74) is 12.1. The van der Waals surface area contributed by atoms with E-state index in [-0.39, 0.29) is 0 Å². The predicted molar refractivity (Wildman–Crippen MR) is 286 cm³/mol. The maximum atomic E-state index is 6.60. The van der Waals surface area contributed by atoms with E-state index >= 15 is 0 Å². The summed E-state index contributed by atoms with van der Waals surface area (Å²) in [6.45, 7) is 0. The average Bonchev–Trinajstić information content (AvgIpc) is 3.98. The summed E-state index contributed by atoms with van der Waals surface area (Å²) < 4.78 is 13.2. The highest BCUT2D eigenvalue weighted by Gasteiger charge is 2.21. The Kier molecular flexibility index (Phi) is 8.55. The zero-order chi connectivity index (χ0) is 44.7. The van der Waals surface area contributed by atoms with Crippen molar-refractivity contribution in [3.05, 3.63) is 243 Å². The zero-order valence-corrected chi connectivity index (χ0v) is 36.8. The fraction of sp³-hybridized carbons (Fsp3) is 0. The molecule has 0 unspecified atom stereocenters. The topological polar surface area (TPSA) is 32.8 Å². The maximum Gasteiger partial charge on any atom is 0.137 e. The lowest BCUT2D eigenvalue weighted by molar-refractivity contribution is 0.669. The van der Waals surface area contributed by atoms with Crippen LogP contribution in [0.1, 0.15) is 0 Å². The van der Waals surface area contributed by atoms with Gasteiger partial charge in [0.05, 0.1) is 11.4 Å². The van der Waals surface area contributed by atoms with Gasteiger partial charge in [-0.2, -0.15) is 0 Å². The average molecular weight is 869 g/mol. The van der Waals surface area contributed by atoms with E-state index in [1.807, 2.05) is 0 Å². The minimum absolute atomic E-state index is 0.861. The van der Waals surface area contributed by atoms with E-state index in [4.69, 9.17) is 8.83 Å². The third-order valence-electron chi connectivity index (χ3n) is 13.8. The molecule has 318 valence electrons. The van der Waals surface area contributed by atoms with Gasteiger partial charge in [-0.05, 0) is 116 Å². The Morgan fingerprint density at radius 2 is 0.588 bits per heavy atom. The molecule has 0 radical (unpaired) electrons. The zero-order valence-electron chi connectivity index (χ0n) is 36.8. The van der Waals surface area contributed by atoms with Crippen molar-refractivity contribution in [3.8, 4) is 11.1 Å². The highest BCUT2D eigenvalue weighted by Crippen LogP contribution is 2.45. The Hall–Kier alpha value is -9.12. The molecule has 0 aliphatic heterocycles. The van der Waals surface area contributed by atoms with Gasteiger partial charge in [0.1, 0.15) is 22.3 Å². The SMILES string of the molecule is c1ccc2c(N(c3ccc(-c4ccc(N(c5ccc6c(c5)oc5ccc7ccccc7c56)c5cccc6ccccc56)cc4)cc3)c3ccc4c(c3)oc3ccc5ccccc5c34)cccc2c1. The molecule has 0 fully saturated rings. The molecule has 2 aromatic heterocycles. The second-order valence-electron chi connectivity index (χ2n) is 17.6. The fourth-order valence-electron chi connectivity index (χ4n) is 10.6. The van der Waals surface area contributed by atoms with E-state index in [9.17, 15) is 0 Å². The van der Waals surface area contributed by atoms with Gasteiger partial charge in [0.15, 0.2) is 0 Å². The molecule has 0 bridgehead atoms. The Morgan fingerprint density at radius 3 is 1.01 bits per heavy atom. The first kappa shape index (κ1) is 38.2. The van der Waals surface area contributed by atoms with Crippen LogP contribution in [-0.2, 0) is 0 Å². The lowest BCUT2D eigenvalue weighted by atomic mass is 10.0. The summed E-state index contributed by atoms with van der Waals surface area (Å²) in [5, 5.41) is 14.1. The van der Waals surface area contributed by atoms with Crippen molar-refractivity contribution >= 4 is 121 Å². The van der Waals surface area contributed by atoms with Gasteiger partial charge in [-0.25, -0.2) is 0 Å². The molecule has 0 aliphatic carbocycles. The Labute approximate surface area is 391 Å². The smallest absolute Gasteiger partial charge is 0.137 e. The molecule has 0 amide bonds. The summed E-state index contributed by atoms with van der Waals surface area (Å²) in [7, 11) is 0. The molecule has 4 nitrogen and oxygen atoms in total. The Morgan fingerprint density at radius 1 is 0.235 bits per heavy atom. The summed E-state index contributed by atoms with van der Waals surface area (Å²) in [6.07, 6.45) is 0. The molecule has 68 heavy (non-hydrogen) atoms. The van der Waals surface area contributed by atoms with Gasteiger partial charge in [0.2, 0.25) is 0 Å². The molecule has 0 N–H and O–H groups in total. The van der Waals surface area contributed by atoms with Crippen LogP contribution in [0.2, 0.25) is 0 Å². The largest absolute Gasteiger partial charge is 0.456 e. The summed E-state index contributed by atoms with van der Waals surface area (Å²) in [5.74, 6) is 0. The lowest BCUT2D eigenvalue weighted by Gasteiger charge is -2.27. The predicted octanol–water partition coefficient (Wildman–Crippen LogP) is 18.7. The van der Waals surface area contributed by atoms with E-state index in [0.717, 1.165) is 89.1 Å². The molecule has 4 heteroatoms. The fourth-order valence-corrected chi connectivity index (χ4v) is 10.6. The van der Waals surface area contributed by atoms with E-state index in [1.165, 1.54) is 43.1 Å². The molecule has 12 aromatic carbocycles. The Balaban J connectivity index is 0.857. The van der Waals surface area contributed by atoms with Crippen LogP contribution in [-0.4, -0.2) is 0 Å². The summed E-state index contributed by atoms with van der Waals surface area (Å²) >= 11 is 0. The van der Waals surface area contributed by atoms with Gasteiger partial charge in [0, 0.05) is 67.2 Å². The number of nitrogens with zero attached hydrogens (tertiary/aromatic N) is 2. The molecular formula is C64H40N2O2. The van der Waals surface area contributed by atoms with Crippen LogP contribution < -0.4 is 9.80 Å². The number of fused-ring (bicyclic) bond motifs is 12. The van der Waals surface area contributed by atoms with Crippen LogP contribution in [0.15, 0.2) is 251 Å². The summed E-state index contributed by atoms with van der Waals surface area (Å²) in [6, 6.07) is 86.9. The van der Waals surface area contributed by atoms with E-state index < -0.39 is 0 Å². The number of hydrogen-bond donors (Lipinski definition) is 0. The number of hydrogen-bond acceptors (Lipinski definition) is 4. The van der Waals surface area contributed by atoms with Gasteiger partial charge in [0.25, 0.3) is 0 Å². The van der Waals surface area contributed by atoms with Gasteiger partial charge in [-0.1, -0.05) is 158 Å². The molecule has 14 rings (SSSR count). The van der Waals surface area contributed by atoms with Crippen molar-refractivity contribution < 1.29 is 8.83 Å².